The normalized spacial score (nSPS) is 16.9. The number of ether oxygens (including phenoxy) is 1. The lowest BCUT2D eigenvalue weighted by atomic mass is 10.2. The summed E-state index contributed by atoms with van der Waals surface area (Å²) in [7, 11) is -4.49. The maximum Gasteiger partial charge on any atom is 0.524 e. The summed E-state index contributed by atoms with van der Waals surface area (Å²) in [6, 6.07) is 6.71. The molecule has 1 aliphatic heterocycles. The van der Waals surface area contributed by atoms with Gasteiger partial charge in [-0.15, -0.1) is 0 Å². The maximum atomic E-state index is 10.7. The van der Waals surface area contributed by atoms with Crippen LogP contribution in [0.25, 0.3) is 0 Å². The monoisotopic (exact) mass is 259 g/mol. The number of anilines is 1. The molecule has 0 spiro atoms. The summed E-state index contributed by atoms with van der Waals surface area (Å²) in [6.07, 6.45) is 0. The van der Waals surface area contributed by atoms with Gasteiger partial charge in [0.1, 0.15) is 5.75 Å². The summed E-state index contributed by atoms with van der Waals surface area (Å²) < 4.78 is 20.5. The molecule has 6 nitrogen and oxygen atoms in total. The molecule has 0 aromatic heterocycles. The van der Waals surface area contributed by atoms with Gasteiger partial charge in [-0.25, -0.2) is 4.57 Å². The molecular formula is C10H14NO5P. The van der Waals surface area contributed by atoms with Gasteiger partial charge in [-0.2, -0.15) is 0 Å². The summed E-state index contributed by atoms with van der Waals surface area (Å²) in [5.74, 6) is 0.169. The topological polar surface area (TPSA) is 79.2 Å². The van der Waals surface area contributed by atoms with E-state index in [1.807, 2.05) is 6.07 Å². The van der Waals surface area contributed by atoms with Crippen LogP contribution in [0.1, 0.15) is 0 Å². The van der Waals surface area contributed by atoms with Crippen molar-refractivity contribution in [3.05, 3.63) is 24.3 Å². The minimum Gasteiger partial charge on any atom is -0.404 e. The quantitative estimate of drug-likeness (QED) is 0.788. The van der Waals surface area contributed by atoms with E-state index in [4.69, 9.17) is 14.5 Å². The first-order valence-electron chi connectivity index (χ1n) is 5.22. The molecule has 1 fully saturated rings. The molecule has 0 radical (unpaired) electrons. The van der Waals surface area contributed by atoms with Crippen LogP contribution in [0.3, 0.4) is 0 Å². The summed E-state index contributed by atoms with van der Waals surface area (Å²) in [6.45, 7) is 2.84. The fraction of sp³-hybridized carbons (Fsp3) is 0.400. The van der Waals surface area contributed by atoms with Crippen LogP contribution in [0.15, 0.2) is 24.3 Å². The Hall–Kier alpha value is -1.07. The van der Waals surface area contributed by atoms with E-state index in [0.29, 0.717) is 13.2 Å². The Bertz CT molecular complexity index is 426. The van der Waals surface area contributed by atoms with Gasteiger partial charge in [-0.05, 0) is 12.1 Å². The van der Waals surface area contributed by atoms with E-state index in [1.54, 1.807) is 12.1 Å². The van der Waals surface area contributed by atoms with Gasteiger partial charge < -0.3 is 14.2 Å². The number of benzene rings is 1. The highest BCUT2D eigenvalue weighted by Gasteiger charge is 2.17. The van der Waals surface area contributed by atoms with E-state index in [0.717, 1.165) is 18.8 Å². The van der Waals surface area contributed by atoms with Crippen molar-refractivity contribution in [3.63, 3.8) is 0 Å². The number of hydrogen-bond donors (Lipinski definition) is 2. The van der Waals surface area contributed by atoms with E-state index in [-0.39, 0.29) is 5.75 Å². The van der Waals surface area contributed by atoms with Crippen molar-refractivity contribution < 1.29 is 23.6 Å². The van der Waals surface area contributed by atoms with Crippen molar-refractivity contribution in [2.45, 2.75) is 0 Å². The van der Waals surface area contributed by atoms with Crippen LogP contribution in [0.4, 0.5) is 5.69 Å². The van der Waals surface area contributed by atoms with E-state index >= 15 is 0 Å². The fourth-order valence-electron chi connectivity index (χ4n) is 1.70. The van der Waals surface area contributed by atoms with Crippen molar-refractivity contribution in [3.8, 4) is 5.75 Å². The lowest BCUT2D eigenvalue weighted by molar-refractivity contribution is 0.122. The molecule has 0 aliphatic carbocycles. The van der Waals surface area contributed by atoms with Crippen LogP contribution < -0.4 is 9.42 Å². The molecule has 1 aromatic rings. The standard InChI is InChI=1S/C10H14NO5P/c12-17(13,14)16-10-3-1-2-9(8-10)11-4-6-15-7-5-11/h1-3,8H,4-7H2,(H2,12,13,14). The van der Waals surface area contributed by atoms with E-state index in [2.05, 4.69) is 9.42 Å². The van der Waals surface area contributed by atoms with Crippen molar-refractivity contribution >= 4 is 13.5 Å². The second kappa shape index (κ2) is 5.06. The number of morpholine rings is 1. The molecule has 1 saturated heterocycles. The Morgan fingerprint density at radius 2 is 2.00 bits per heavy atom. The molecule has 7 heteroatoms. The third-order valence-corrected chi connectivity index (χ3v) is 2.87. The van der Waals surface area contributed by atoms with E-state index < -0.39 is 7.82 Å². The Morgan fingerprint density at radius 1 is 1.29 bits per heavy atom. The molecule has 94 valence electrons. The Balaban J connectivity index is 2.13. The minimum atomic E-state index is -4.49. The third-order valence-electron chi connectivity index (χ3n) is 2.42. The molecule has 0 bridgehead atoms. The Labute approximate surface area is 99.0 Å². The van der Waals surface area contributed by atoms with Gasteiger partial charge in [0.2, 0.25) is 0 Å². The zero-order valence-electron chi connectivity index (χ0n) is 9.15. The van der Waals surface area contributed by atoms with Gasteiger partial charge in [0.05, 0.1) is 13.2 Å². The second-order valence-corrected chi connectivity index (χ2v) is 4.84. The minimum absolute atomic E-state index is 0.169. The van der Waals surface area contributed by atoms with Crippen LogP contribution in [-0.4, -0.2) is 36.1 Å². The molecular weight excluding hydrogens is 245 g/mol. The summed E-state index contributed by atoms with van der Waals surface area (Å²) in [5, 5.41) is 0. The summed E-state index contributed by atoms with van der Waals surface area (Å²) in [4.78, 5) is 19.5. The first-order chi connectivity index (χ1) is 8.04. The lowest BCUT2D eigenvalue weighted by Crippen LogP contribution is -2.36. The zero-order chi connectivity index (χ0) is 12.3. The zero-order valence-corrected chi connectivity index (χ0v) is 10.0. The molecule has 2 rings (SSSR count). The number of phosphoric acid groups is 1. The van der Waals surface area contributed by atoms with Crippen molar-refractivity contribution in [2.75, 3.05) is 31.2 Å². The molecule has 0 amide bonds. The van der Waals surface area contributed by atoms with Crippen LogP contribution in [0, 0.1) is 0 Å². The van der Waals surface area contributed by atoms with E-state index in [1.165, 1.54) is 6.07 Å². The van der Waals surface area contributed by atoms with E-state index in [9.17, 15) is 4.57 Å². The molecule has 1 heterocycles. The largest absolute Gasteiger partial charge is 0.524 e. The number of nitrogens with zero attached hydrogens (tertiary/aromatic N) is 1. The highest BCUT2D eigenvalue weighted by atomic mass is 31.2. The molecule has 1 aliphatic rings. The van der Waals surface area contributed by atoms with Gasteiger partial charge in [0.25, 0.3) is 0 Å². The average Bonchev–Trinajstić information content (AvgIpc) is 2.28. The predicted molar refractivity (Wildman–Crippen MR) is 62.1 cm³/mol. The van der Waals surface area contributed by atoms with Crippen LogP contribution >= 0.6 is 7.82 Å². The Morgan fingerprint density at radius 3 is 2.65 bits per heavy atom. The average molecular weight is 259 g/mol. The van der Waals surface area contributed by atoms with Crippen molar-refractivity contribution in [2.24, 2.45) is 0 Å². The lowest BCUT2D eigenvalue weighted by Gasteiger charge is -2.29. The molecule has 2 N–H and O–H groups in total. The van der Waals surface area contributed by atoms with Gasteiger partial charge >= 0.3 is 7.82 Å². The molecule has 0 unspecified atom stereocenters. The van der Waals surface area contributed by atoms with Gasteiger partial charge in [-0.3, -0.25) is 9.79 Å². The third kappa shape index (κ3) is 3.71. The highest BCUT2D eigenvalue weighted by Crippen LogP contribution is 2.38. The fourth-order valence-corrected chi connectivity index (χ4v) is 2.08. The summed E-state index contributed by atoms with van der Waals surface area (Å²) >= 11 is 0. The second-order valence-electron chi connectivity index (χ2n) is 3.68. The van der Waals surface area contributed by atoms with Crippen LogP contribution in [-0.2, 0) is 9.30 Å². The summed E-state index contributed by atoms with van der Waals surface area (Å²) in [5.41, 5.74) is 0.874. The van der Waals surface area contributed by atoms with Crippen LogP contribution in [0.2, 0.25) is 0 Å². The van der Waals surface area contributed by atoms with Crippen molar-refractivity contribution in [1.82, 2.24) is 0 Å². The number of phosphoric ester groups is 1. The maximum absolute atomic E-state index is 10.7. The first-order valence-corrected chi connectivity index (χ1v) is 6.75. The van der Waals surface area contributed by atoms with Crippen LogP contribution in [0.5, 0.6) is 5.75 Å². The smallest absolute Gasteiger partial charge is 0.404 e. The molecule has 1 aromatic carbocycles. The SMILES string of the molecule is O=P(O)(O)Oc1cccc(N2CCOCC2)c1. The van der Waals surface area contributed by atoms with Gasteiger partial charge in [-0.1, -0.05) is 6.07 Å². The highest BCUT2D eigenvalue weighted by molar-refractivity contribution is 7.46. The first kappa shape index (κ1) is 12.4. The number of hydrogen-bond acceptors (Lipinski definition) is 4. The molecule has 0 saturated carbocycles. The van der Waals surface area contributed by atoms with Crippen molar-refractivity contribution in [1.29, 1.82) is 0 Å². The number of rotatable bonds is 3. The molecule has 0 atom stereocenters. The Kier molecular flexibility index (Phi) is 3.69. The van der Waals surface area contributed by atoms with Gasteiger partial charge in [0.15, 0.2) is 0 Å². The molecule has 17 heavy (non-hydrogen) atoms. The van der Waals surface area contributed by atoms with Gasteiger partial charge in [0, 0.05) is 24.8 Å². The predicted octanol–water partition coefficient (Wildman–Crippen LogP) is 0.995.